The number of anilines is 1. The molecule has 1 aromatic carbocycles. The third-order valence-electron chi connectivity index (χ3n) is 5.34. The maximum absolute atomic E-state index is 13.1. The fourth-order valence-corrected chi connectivity index (χ4v) is 3.78. The van der Waals surface area contributed by atoms with Crippen LogP contribution >= 0.6 is 0 Å². The van der Waals surface area contributed by atoms with Crippen molar-refractivity contribution < 1.29 is 9.59 Å². The molecule has 0 fully saturated rings. The number of para-hydroxylation sites is 1. The number of nitrogens with zero attached hydrogens (tertiary/aromatic N) is 2. The Labute approximate surface area is 173 Å². The Balaban J connectivity index is 1.89. The molecule has 0 bridgehead atoms. The van der Waals surface area contributed by atoms with Gasteiger partial charge in [-0.05, 0) is 42.7 Å². The van der Waals surface area contributed by atoms with Crippen LogP contribution in [0.15, 0.2) is 24.3 Å². The van der Waals surface area contributed by atoms with Gasteiger partial charge in [-0.2, -0.15) is 0 Å². The molecule has 2 aromatic rings. The Morgan fingerprint density at radius 3 is 2.62 bits per heavy atom. The van der Waals surface area contributed by atoms with E-state index < -0.39 is 0 Å². The van der Waals surface area contributed by atoms with Crippen molar-refractivity contribution in [2.24, 2.45) is 0 Å². The van der Waals surface area contributed by atoms with E-state index in [1.165, 1.54) is 0 Å². The molecule has 0 aliphatic carbocycles. The topological polar surface area (TPSA) is 76.0 Å². The van der Waals surface area contributed by atoms with Crippen LogP contribution in [0.2, 0.25) is 0 Å². The Morgan fingerprint density at radius 2 is 1.90 bits per heavy atom. The number of hydrogen-bond donors (Lipinski definition) is 2. The Kier molecular flexibility index (Phi) is 6.40. The van der Waals surface area contributed by atoms with Crippen molar-refractivity contribution in [3.05, 3.63) is 47.0 Å². The van der Waals surface area contributed by atoms with Crippen molar-refractivity contribution in [1.82, 2.24) is 14.9 Å². The van der Waals surface area contributed by atoms with Gasteiger partial charge in [-0.1, -0.05) is 52.3 Å². The van der Waals surface area contributed by atoms with Crippen molar-refractivity contribution in [1.29, 1.82) is 0 Å². The number of fused-ring (bicyclic) bond motifs is 1. The minimum atomic E-state index is -0.250. The van der Waals surface area contributed by atoms with Gasteiger partial charge in [0.15, 0.2) is 11.5 Å². The molecule has 156 valence electrons. The van der Waals surface area contributed by atoms with E-state index in [4.69, 9.17) is 0 Å². The van der Waals surface area contributed by atoms with Crippen LogP contribution in [0, 0.1) is 0 Å². The maximum Gasteiger partial charge on any atom is 0.287 e. The van der Waals surface area contributed by atoms with Gasteiger partial charge in [-0.3, -0.25) is 9.59 Å². The van der Waals surface area contributed by atoms with Crippen molar-refractivity contribution in [2.75, 3.05) is 11.9 Å². The summed E-state index contributed by atoms with van der Waals surface area (Å²) in [7, 11) is 0. The van der Waals surface area contributed by atoms with Gasteiger partial charge in [0, 0.05) is 18.8 Å². The molecule has 6 heteroatoms. The summed E-state index contributed by atoms with van der Waals surface area (Å²) < 4.78 is 1.93. The third kappa shape index (κ3) is 4.69. The first-order chi connectivity index (χ1) is 13.8. The lowest BCUT2D eigenvalue weighted by Crippen LogP contribution is -2.28. The van der Waals surface area contributed by atoms with Crippen molar-refractivity contribution in [2.45, 2.75) is 71.8 Å². The van der Waals surface area contributed by atoms with Crippen LogP contribution in [0.1, 0.15) is 85.7 Å². The van der Waals surface area contributed by atoms with Crippen molar-refractivity contribution in [3.63, 3.8) is 0 Å². The molecule has 2 heterocycles. The molecule has 0 unspecified atom stereocenters. The summed E-state index contributed by atoms with van der Waals surface area (Å²) in [6.07, 6.45) is 4.70. The first kappa shape index (κ1) is 21.1. The molecule has 0 spiro atoms. The van der Waals surface area contributed by atoms with Gasteiger partial charge in [0.25, 0.3) is 11.8 Å². The van der Waals surface area contributed by atoms with Gasteiger partial charge in [-0.25, -0.2) is 4.98 Å². The number of amides is 2. The average molecular weight is 397 g/mol. The Bertz CT molecular complexity index is 893. The highest BCUT2D eigenvalue weighted by molar-refractivity contribution is 6.05. The smallest absolute Gasteiger partial charge is 0.287 e. The molecule has 2 N–H and O–H groups in total. The molecule has 6 nitrogen and oxygen atoms in total. The van der Waals surface area contributed by atoms with Crippen LogP contribution in [0.4, 0.5) is 5.69 Å². The molecule has 3 rings (SSSR count). The van der Waals surface area contributed by atoms with E-state index in [0.717, 1.165) is 55.6 Å². The normalized spacial score (nSPS) is 13.7. The highest BCUT2D eigenvalue weighted by atomic mass is 16.2. The molecule has 1 aliphatic heterocycles. The summed E-state index contributed by atoms with van der Waals surface area (Å²) >= 11 is 0. The molecular weight excluding hydrogens is 364 g/mol. The second-order valence-corrected chi connectivity index (χ2v) is 8.70. The second kappa shape index (κ2) is 8.80. The van der Waals surface area contributed by atoms with Gasteiger partial charge < -0.3 is 15.2 Å². The Hall–Kier alpha value is -2.63. The van der Waals surface area contributed by atoms with Crippen LogP contribution in [0.25, 0.3) is 0 Å². The number of unbranched alkanes of at least 4 members (excludes halogenated alkanes) is 1. The van der Waals surface area contributed by atoms with E-state index in [9.17, 15) is 9.59 Å². The molecule has 2 amide bonds. The zero-order valence-electron chi connectivity index (χ0n) is 18.0. The largest absolute Gasteiger partial charge is 0.349 e. The minimum absolute atomic E-state index is 0.0954. The molecule has 0 saturated heterocycles. The highest BCUT2D eigenvalue weighted by Crippen LogP contribution is 2.30. The predicted molar refractivity (Wildman–Crippen MR) is 116 cm³/mol. The maximum atomic E-state index is 13.1. The van der Waals surface area contributed by atoms with E-state index in [1.807, 2.05) is 28.8 Å². The third-order valence-corrected chi connectivity index (χ3v) is 5.34. The summed E-state index contributed by atoms with van der Waals surface area (Å²) in [6.45, 7) is 9.80. The summed E-state index contributed by atoms with van der Waals surface area (Å²) in [5.74, 6) is -0.0965. The van der Waals surface area contributed by atoms with E-state index in [2.05, 4.69) is 43.3 Å². The first-order valence-electron chi connectivity index (χ1n) is 10.6. The molecule has 29 heavy (non-hydrogen) atoms. The van der Waals surface area contributed by atoms with Crippen LogP contribution in [-0.2, 0) is 18.4 Å². The van der Waals surface area contributed by atoms with E-state index in [1.54, 1.807) is 0 Å². The first-order valence-corrected chi connectivity index (χ1v) is 10.6. The monoisotopic (exact) mass is 396 g/mol. The number of carbonyl (C=O) groups excluding carboxylic acids is 2. The SMILES string of the molecule is CCCCNC(=O)c1nc(C(=O)Nc2ccccc2C(C)(C)C)c2n1CCCC2. The van der Waals surface area contributed by atoms with E-state index >= 15 is 0 Å². The molecular formula is C23H32N4O2. The fourth-order valence-electron chi connectivity index (χ4n) is 3.78. The second-order valence-electron chi connectivity index (χ2n) is 8.70. The molecule has 1 aliphatic rings. The zero-order chi connectivity index (χ0) is 21.0. The minimum Gasteiger partial charge on any atom is -0.349 e. The van der Waals surface area contributed by atoms with Crippen molar-refractivity contribution >= 4 is 17.5 Å². The van der Waals surface area contributed by atoms with Gasteiger partial charge >= 0.3 is 0 Å². The summed E-state index contributed by atoms with van der Waals surface area (Å²) in [5, 5.41) is 5.97. The lowest BCUT2D eigenvalue weighted by atomic mass is 9.86. The standard InChI is InChI=1S/C23H32N4O2/c1-5-6-14-24-22(29)20-26-19(18-13-9-10-15-27(18)20)21(28)25-17-12-8-7-11-16(17)23(2,3)4/h7-8,11-12H,5-6,9-10,13-15H2,1-4H3,(H,24,29)(H,25,28). The number of hydrogen-bond acceptors (Lipinski definition) is 3. The highest BCUT2D eigenvalue weighted by Gasteiger charge is 2.28. The summed E-state index contributed by atoms with van der Waals surface area (Å²) in [6, 6.07) is 7.85. The van der Waals surface area contributed by atoms with Crippen LogP contribution < -0.4 is 10.6 Å². The van der Waals surface area contributed by atoms with Gasteiger partial charge in [0.1, 0.15) is 0 Å². The molecule has 0 atom stereocenters. The number of nitrogens with one attached hydrogen (secondary N) is 2. The zero-order valence-corrected chi connectivity index (χ0v) is 18.0. The lowest BCUT2D eigenvalue weighted by Gasteiger charge is -2.23. The number of imidazole rings is 1. The number of carbonyl (C=O) groups is 2. The average Bonchev–Trinajstić information content (AvgIpc) is 3.08. The lowest BCUT2D eigenvalue weighted by molar-refractivity contribution is 0.0937. The fraction of sp³-hybridized carbons (Fsp3) is 0.522. The molecule has 0 saturated carbocycles. The van der Waals surface area contributed by atoms with Gasteiger partial charge in [-0.15, -0.1) is 0 Å². The van der Waals surface area contributed by atoms with E-state index in [-0.39, 0.29) is 17.2 Å². The van der Waals surface area contributed by atoms with Crippen LogP contribution in [-0.4, -0.2) is 27.9 Å². The number of rotatable bonds is 6. The van der Waals surface area contributed by atoms with Crippen LogP contribution in [0.3, 0.4) is 0 Å². The van der Waals surface area contributed by atoms with Gasteiger partial charge in [0.2, 0.25) is 0 Å². The van der Waals surface area contributed by atoms with E-state index in [0.29, 0.717) is 18.1 Å². The summed E-state index contributed by atoms with van der Waals surface area (Å²) in [4.78, 5) is 30.3. The Morgan fingerprint density at radius 1 is 1.14 bits per heavy atom. The quantitative estimate of drug-likeness (QED) is 0.715. The van der Waals surface area contributed by atoms with Crippen molar-refractivity contribution in [3.8, 4) is 0 Å². The number of aromatic nitrogens is 2. The molecule has 1 aromatic heterocycles. The van der Waals surface area contributed by atoms with Crippen LogP contribution in [0.5, 0.6) is 0 Å². The number of benzene rings is 1. The predicted octanol–water partition coefficient (Wildman–Crippen LogP) is 4.30. The van der Waals surface area contributed by atoms with Gasteiger partial charge in [0.05, 0.1) is 5.69 Å². The molecule has 0 radical (unpaired) electrons. The summed E-state index contributed by atoms with van der Waals surface area (Å²) in [5.41, 5.74) is 2.99.